The molecule has 0 aromatic rings. The standard InChI is InChI=1S/C14H28N2O3/c1-14(2,3)12-13(18)16-6-4-15(5-7-16)8-10-19-11-9-17/h17H,4-12H2,1-3H3. The van der Waals surface area contributed by atoms with Gasteiger partial charge >= 0.3 is 0 Å². The summed E-state index contributed by atoms with van der Waals surface area (Å²) in [6.45, 7) is 11.8. The van der Waals surface area contributed by atoms with Crippen LogP contribution < -0.4 is 0 Å². The molecule has 1 N–H and O–H groups in total. The number of amides is 1. The summed E-state index contributed by atoms with van der Waals surface area (Å²) >= 11 is 0. The van der Waals surface area contributed by atoms with Crippen LogP contribution in [0.25, 0.3) is 0 Å². The minimum absolute atomic E-state index is 0.0619. The first-order valence-electron chi connectivity index (χ1n) is 7.11. The second-order valence-corrected chi connectivity index (χ2v) is 6.30. The maximum Gasteiger partial charge on any atom is 0.223 e. The van der Waals surface area contributed by atoms with Gasteiger partial charge in [0.15, 0.2) is 0 Å². The third-order valence-electron chi connectivity index (χ3n) is 3.19. The highest BCUT2D eigenvalue weighted by Gasteiger charge is 2.24. The van der Waals surface area contributed by atoms with Crippen molar-refractivity contribution in [1.29, 1.82) is 0 Å². The Morgan fingerprint density at radius 2 is 1.79 bits per heavy atom. The maximum atomic E-state index is 12.1. The average molecular weight is 272 g/mol. The van der Waals surface area contributed by atoms with E-state index in [0.29, 0.717) is 19.6 Å². The lowest BCUT2D eigenvalue weighted by atomic mass is 9.91. The molecular formula is C14H28N2O3. The van der Waals surface area contributed by atoms with E-state index in [1.54, 1.807) is 0 Å². The molecule has 5 heteroatoms. The highest BCUT2D eigenvalue weighted by Crippen LogP contribution is 2.20. The molecule has 0 bridgehead atoms. The first-order valence-corrected chi connectivity index (χ1v) is 7.11. The van der Waals surface area contributed by atoms with Crippen LogP contribution in [0, 0.1) is 5.41 Å². The first-order chi connectivity index (χ1) is 8.92. The number of carbonyl (C=O) groups excluding carboxylic acids is 1. The minimum Gasteiger partial charge on any atom is -0.394 e. The number of aliphatic hydroxyl groups excluding tert-OH is 1. The predicted molar refractivity (Wildman–Crippen MR) is 75.0 cm³/mol. The van der Waals surface area contributed by atoms with Crippen molar-refractivity contribution in [3.8, 4) is 0 Å². The Hall–Kier alpha value is -0.650. The molecule has 0 aromatic carbocycles. The molecular weight excluding hydrogens is 244 g/mol. The highest BCUT2D eigenvalue weighted by molar-refractivity contribution is 5.76. The van der Waals surface area contributed by atoms with Crippen molar-refractivity contribution in [3.05, 3.63) is 0 Å². The summed E-state index contributed by atoms with van der Waals surface area (Å²) < 4.78 is 5.25. The summed E-state index contributed by atoms with van der Waals surface area (Å²) in [7, 11) is 0. The molecule has 0 radical (unpaired) electrons. The van der Waals surface area contributed by atoms with Crippen molar-refractivity contribution in [1.82, 2.24) is 9.80 Å². The van der Waals surface area contributed by atoms with Gasteiger partial charge in [-0.1, -0.05) is 20.8 Å². The summed E-state index contributed by atoms with van der Waals surface area (Å²) in [4.78, 5) is 16.3. The Kier molecular flexibility index (Phi) is 6.75. The van der Waals surface area contributed by atoms with Crippen LogP contribution in [0.1, 0.15) is 27.2 Å². The zero-order valence-corrected chi connectivity index (χ0v) is 12.5. The molecule has 1 aliphatic rings. The van der Waals surface area contributed by atoms with Gasteiger partial charge in [-0.3, -0.25) is 9.69 Å². The van der Waals surface area contributed by atoms with Crippen molar-refractivity contribution < 1.29 is 14.6 Å². The van der Waals surface area contributed by atoms with Crippen LogP contribution in [0.4, 0.5) is 0 Å². The predicted octanol–water partition coefficient (Wildman–Crippen LogP) is 0.576. The number of ether oxygens (including phenoxy) is 1. The number of rotatable bonds is 6. The van der Waals surface area contributed by atoms with E-state index in [2.05, 4.69) is 25.7 Å². The minimum atomic E-state index is 0.0619. The van der Waals surface area contributed by atoms with Crippen molar-refractivity contribution in [2.45, 2.75) is 27.2 Å². The Balaban J connectivity index is 2.19. The van der Waals surface area contributed by atoms with Crippen molar-refractivity contribution in [2.24, 2.45) is 5.41 Å². The van der Waals surface area contributed by atoms with Crippen molar-refractivity contribution in [3.63, 3.8) is 0 Å². The Morgan fingerprint density at radius 3 is 2.32 bits per heavy atom. The van der Waals surface area contributed by atoms with Crippen LogP contribution in [-0.4, -0.2) is 73.4 Å². The molecule has 19 heavy (non-hydrogen) atoms. The van der Waals surface area contributed by atoms with Gasteiger partial charge in [0, 0.05) is 39.1 Å². The summed E-state index contributed by atoms with van der Waals surface area (Å²) in [6.07, 6.45) is 0.618. The van der Waals surface area contributed by atoms with Gasteiger partial charge in [-0.25, -0.2) is 0 Å². The van der Waals surface area contributed by atoms with Gasteiger partial charge in [-0.15, -0.1) is 0 Å². The third kappa shape index (κ3) is 6.89. The van der Waals surface area contributed by atoms with Gasteiger partial charge in [0.1, 0.15) is 0 Å². The van der Waals surface area contributed by atoms with Crippen molar-refractivity contribution >= 4 is 5.91 Å². The van der Waals surface area contributed by atoms with Crippen LogP contribution >= 0.6 is 0 Å². The highest BCUT2D eigenvalue weighted by atomic mass is 16.5. The van der Waals surface area contributed by atoms with Gasteiger partial charge in [-0.2, -0.15) is 0 Å². The fraction of sp³-hybridized carbons (Fsp3) is 0.929. The fourth-order valence-electron chi connectivity index (χ4n) is 2.15. The zero-order valence-electron chi connectivity index (χ0n) is 12.5. The first kappa shape index (κ1) is 16.4. The number of aliphatic hydroxyl groups is 1. The molecule has 0 saturated carbocycles. The lowest BCUT2D eigenvalue weighted by molar-refractivity contribution is -0.134. The lowest BCUT2D eigenvalue weighted by Gasteiger charge is -2.35. The Bertz CT molecular complexity index is 268. The quantitative estimate of drug-likeness (QED) is 0.719. The average Bonchev–Trinajstić information content (AvgIpc) is 2.33. The molecule has 1 fully saturated rings. The van der Waals surface area contributed by atoms with Crippen LogP contribution in [0.2, 0.25) is 0 Å². The van der Waals surface area contributed by atoms with Crippen LogP contribution in [0.15, 0.2) is 0 Å². The van der Waals surface area contributed by atoms with Crippen LogP contribution in [-0.2, 0) is 9.53 Å². The van der Waals surface area contributed by atoms with Gasteiger partial charge in [0.05, 0.1) is 19.8 Å². The largest absolute Gasteiger partial charge is 0.394 e. The lowest BCUT2D eigenvalue weighted by Crippen LogP contribution is -2.49. The maximum absolute atomic E-state index is 12.1. The molecule has 1 rings (SSSR count). The van der Waals surface area contributed by atoms with E-state index >= 15 is 0 Å². The van der Waals surface area contributed by atoms with Crippen LogP contribution in [0.3, 0.4) is 0 Å². The topological polar surface area (TPSA) is 53.0 Å². The van der Waals surface area contributed by atoms with E-state index in [1.807, 2.05) is 4.90 Å². The number of piperazine rings is 1. The second kappa shape index (κ2) is 7.82. The van der Waals surface area contributed by atoms with Gasteiger partial charge in [0.2, 0.25) is 5.91 Å². The van der Waals surface area contributed by atoms with Gasteiger partial charge in [-0.05, 0) is 5.41 Å². The number of nitrogens with zero attached hydrogens (tertiary/aromatic N) is 2. The molecule has 0 spiro atoms. The summed E-state index contributed by atoms with van der Waals surface area (Å²) in [5.41, 5.74) is 0.0619. The zero-order chi connectivity index (χ0) is 14.3. The Morgan fingerprint density at radius 1 is 1.16 bits per heavy atom. The van der Waals surface area contributed by atoms with E-state index in [4.69, 9.17) is 9.84 Å². The van der Waals surface area contributed by atoms with E-state index in [1.165, 1.54) is 0 Å². The van der Waals surface area contributed by atoms with Gasteiger partial charge < -0.3 is 14.7 Å². The SMILES string of the molecule is CC(C)(C)CC(=O)N1CCN(CCOCCO)CC1. The Labute approximate surface area is 116 Å². The summed E-state index contributed by atoms with van der Waals surface area (Å²) in [5, 5.41) is 8.61. The van der Waals surface area contributed by atoms with E-state index < -0.39 is 0 Å². The normalized spacial score (nSPS) is 17.8. The van der Waals surface area contributed by atoms with E-state index in [-0.39, 0.29) is 17.9 Å². The molecule has 0 atom stereocenters. The molecule has 0 unspecified atom stereocenters. The molecule has 112 valence electrons. The molecule has 1 aliphatic heterocycles. The second-order valence-electron chi connectivity index (χ2n) is 6.30. The molecule has 1 saturated heterocycles. The smallest absolute Gasteiger partial charge is 0.223 e. The van der Waals surface area contributed by atoms with E-state index in [9.17, 15) is 4.79 Å². The third-order valence-corrected chi connectivity index (χ3v) is 3.19. The number of carbonyl (C=O) groups is 1. The number of hydrogen-bond donors (Lipinski definition) is 1. The summed E-state index contributed by atoms with van der Waals surface area (Å²) in [6, 6.07) is 0. The molecule has 5 nitrogen and oxygen atoms in total. The summed E-state index contributed by atoms with van der Waals surface area (Å²) in [5.74, 6) is 0.267. The van der Waals surface area contributed by atoms with E-state index in [0.717, 1.165) is 32.7 Å². The van der Waals surface area contributed by atoms with Gasteiger partial charge in [0.25, 0.3) is 0 Å². The molecule has 0 aromatic heterocycles. The number of hydrogen-bond acceptors (Lipinski definition) is 4. The van der Waals surface area contributed by atoms with Crippen LogP contribution in [0.5, 0.6) is 0 Å². The fourth-order valence-corrected chi connectivity index (χ4v) is 2.15. The molecule has 1 amide bonds. The molecule has 1 heterocycles. The van der Waals surface area contributed by atoms with Crippen molar-refractivity contribution in [2.75, 3.05) is 52.5 Å². The molecule has 0 aliphatic carbocycles. The monoisotopic (exact) mass is 272 g/mol.